The molecule has 1 aromatic carbocycles. The number of nitrogens with zero attached hydrogens (tertiary/aromatic N) is 2. The van der Waals surface area contributed by atoms with E-state index in [2.05, 4.69) is 15.3 Å². The Kier molecular flexibility index (Phi) is 8.04. The van der Waals surface area contributed by atoms with E-state index in [0.717, 1.165) is 45.5 Å². The van der Waals surface area contributed by atoms with Gasteiger partial charge < -0.3 is 20.1 Å². The molecule has 1 amide bonds. The molecule has 41 heavy (non-hydrogen) atoms. The van der Waals surface area contributed by atoms with Crippen molar-refractivity contribution in [2.75, 3.05) is 6.54 Å². The number of carbonyl (C=O) groups excluding carboxylic acids is 2. The topological polar surface area (TPSA) is 126 Å². The van der Waals surface area contributed by atoms with Gasteiger partial charge in [-0.25, -0.2) is 9.59 Å². The van der Waals surface area contributed by atoms with E-state index in [1.165, 1.54) is 0 Å². The number of ether oxygens (including phenoxy) is 1. The van der Waals surface area contributed by atoms with Crippen molar-refractivity contribution in [3.05, 3.63) is 77.4 Å². The van der Waals surface area contributed by atoms with Crippen molar-refractivity contribution in [3.8, 4) is 11.3 Å². The van der Waals surface area contributed by atoms with Crippen molar-refractivity contribution in [3.63, 3.8) is 0 Å². The summed E-state index contributed by atoms with van der Waals surface area (Å²) in [6.45, 7) is 6.20. The number of rotatable bonds is 3. The fourth-order valence-corrected chi connectivity index (χ4v) is 4.13. The number of halogens is 3. The maximum Gasteiger partial charge on any atom is 0.490 e. The van der Waals surface area contributed by atoms with Crippen LogP contribution in [0.4, 0.5) is 18.0 Å². The van der Waals surface area contributed by atoms with Crippen molar-refractivity contribution < 1.29 is 37.4 Å². The van der Waals surface area contributed by atoms with E-state index in [1.807, 2.05) is 75.4 Å². The molecule has 0 saturated carbocycles. The summed E-state index contributed by atoms with van der Waals surface area (Å²) in [4.78, 5) is 41.6. The predicted molar refractivity (Wildman–Crippen MR) is 146 cm³/mol. The molecule has 4 aromatic rings. The largest absolute Gasteiger partial charge is 0.490 e. The third-order valence-corrected chi connectivity index (χ3v) is 5.91. The van der Waals surface area contributed by atoms with Crippen molar-refractivity contribution in [1.29, 1.82) is 0 Å². The maximum absolute atomic E-state index is 12.7. The molecule has 4 heterocycles. The second kappa shape index (κ2) is 11.3. The number of aromatic nitrogens is 3. The van der Waals surface area contributed by atoms with Crippen LogP contribution >= 0.6 is 0 Å². The van der Waals surface area contributed by atoms with Crippen LogP contribution in [0, 0.1) is 0 Å². The summed E-state index contributed by atoms with van der Waals surface area (Å²) in [7, 11) is 0. The van der Waals surface area contributed by atoms with E-state index >= 15 is 0 Å². The molecule has 3 N–H and O–H groups in total. The van der Waals surface area contributed by atoms with Crippen molar-refractivity contribution in [1.82, 2.24) is 19.9 Å². The number of aliphatic carboxylic acids is 1. The Morgan fingerprint density at radius 1 is 1.10 bits per heavy atom. The molecule has 1 aliphatic heterocycles. The van der Waals surface area contributed by atoms with E-state index < -0.39 is 23.8 Å². The molecule has 0 unspecified atom stereocenters. The Morgan fingerprint density at radius 3 is 2.46 bits per heavy atom. The highest BCUT2D eigenvalue weighted by atomic mass is 19.4. The summed E-state index contributed by atoms with van der Waals surface area (Å²) in [6.07, 6.45) is 2.70. The Labute approximate surface area is 232 Å². The highest BCUT2D eigenvalue weighted by molar-refractivity contribution is 5.98. The number of nitrogens with one attached hydrogen (secondary N) is 2. The molecule has 0 bridgehead atoms. The van der Waals surface area contributed by atoms with Crippen molar-refractivity contribution >= 4 is 41.0 Å². The smallest absolute Gasteiger partial charge is 0.475 e. The molecule has 1 aliphatic rings. The number of pyridine rings is 1. The Balaban J connectivity index is 0.000000493. The van der Waals surface area contributed by atoms with E-state index in [1.54, 1.807) is 17.0 Å². The van der Waals surface area contributed by atoms with Crippen LogP contribution in [0.15, 0.2) is 54.9 Å². The van der Waals surface area contributed by atoms with Crippen LogP contribution in [0.2, 0.25) is 0 Å². The average Bonchev–Trinajstić information content (AvgIpc) is 3.50. The molecule has 12 heteroatoms. The normalized spacial score (nSPS) is 13.4. The minimum atomic E-state index is -5.08. The number of hydrogen-bond donors (Lipinski definition) is 3. The zero-order valence-corrected chi connectivity index (χ0v) is 22.4. The number of carboxylic acid groups (broad SMARTS) is 1. The Bertz CT molecular complexity index is 1640. The van der Waals surface area contributed by atoms with Gasteiger partial charge in [0.15, 0.2) is 0 Å². The van der Waals surface area contributed by atoms with Crippen LogP contribution in [0.1, 0.15) is 48.1 Å². The molecular weight excluding hydrogens is 541 g/mol. The van der Waals surface area contributed by atoms with Crippen LogP contribution in [0.5, 0.6) is 0 Å². The summed E-state index contributed by atoms with van der Waals surface area (Å²) in [5.74, 6) is -2.80. The molecule has 5 rings (SSSR count). The molecule has 3 aromatic heterocycles. The maximum atomic E-state index is 12.7. The molecule has 9 nitrogen and oxygen atoms in total. The zero-order valence-electron chi connectivity index (χ0n) is 22.4. The van der Waals surface area contributed by atoms with Crippen LogP contribution in [0.25, 0.3) is 34.3 Å². The van der Waals surface area contributed by atoms with Crippen LogP contribution in [-0.2, 0) is 16.0 Å². The van der Waals surface area contributed by atoms with Crippen LogP contribution < -0.4 is 5.32 Å². The lowest BCUT2D eigenvalue weighted by Crippen LogP contribution is -2.31. The minimum absolute atomic E-state index is 0.0423. The fraction of sp³-hybridized carbons (Fsp3) is 0.241. The summed E-state index contributed by atoms with van der Waals surface area (Å²) < 4.78 is 38.8. The van der Waals surface area contributed by atoms with Gasteiger partial charge in [0.1, 0.15) is 5.60 Å². The number of H-pyrrole nitrogens is 1. The van der Waals surface area contributed by atoms with Gasteiger partial charge in [0.05, 0.1) is 16.8 Å². The van der Waals surface area contributed by atoms with Crippen LogP contribution in [0.3, 0.4) is 0 Å². The first-order valence-electron chi connectivity index (χ1n) is 12.5. The lowest BCUT2D eigenvalue weighted by atomic mass is 10.1. The Hall–Kier alpha value is -4.87. The van der Waals surface area contributed by atoms with Gasteiger partial charge in [-0.05, 0) is 51.1 Å². The van der Waals surface area contributed by atoms with Gasteiger partial charge in [0, 0.05) is 53.3 Å². The number of benzene rings is 1. The molecule has 0 radical (unpaired) electrons. The molecule has 0 fully saturated rings. The van der Waals surface area contributed by atoms with Gasteiger partial charge in [-0.3, -0.25) is 14.3 Å². The molecule has 0 atom stereocenters. The molecule has 0 spiro atoms. The van der Waals surface area contributed by atoms with Gasteiger partial charge >= 0.3 is 18.2 Å². The van der Waals surface area contributed by atoms with Crippen molar-refractivity contribution in [2.24, 2.45) is 0 Å². The fourth-order valence-electron chi connectivity index (χ4n) is 4.13. The number of carboxylic acids is 1. The van der Waals surface area contributed by atoms with Gasteiger partial charge in [-0.2, -0.15) is 13.2 Å². The standard InChI is InChI=1S/C27H26N4O3.C2HF3O2/c1-27(2,3)34-26(33)31-16-18(20-6-4-5-7-24(20)31)8-9-19-14-17(10-12-28-19)23-15-21-22(30-23)11-13-29-25(21)32;3-2(4,5)1(6)7/h4-10,12,14-16,30H,11,13H2,1-3H3,(H,29,32);(H,6,7)/b9-8+;. The second-order valence-electron chi connectivity index (χ2n) is 10.1. The van der Waals surface area contributed by atoms with Crippen molar-refractivity contribution in [2.45, 2.75) is 39.0 Å². The lowest BCUT2D eigenvalue weighted by molar-refractivity contribution is -0.192. The highest BCUT2D eigenvalue weighted by Crippen LogP contribution is 2.27. The zero-order chi connectivity index (χ0) is 29.9. The lowest BCUT2D eigenvalue weighted by Gasteiger charge is -2.19. The highest BCUT2D eigenvalue weighted by Gasteiger charge is 2.38. The average molecular weight is 569 g/mol. The molecule has 214 valence electrons. The first-order valence-corrected chi connectivity index (χ1v) is 12.5. The summed E-state index contributed by atoms with van der Waals surface area (Å²) in [5.41, 5.74) is 5.36. The Morgan fingerprint density at radius 2 is 1.80 bits per heavy atom. The third-order valence-electron chi connectivity index (χ3n) is 5.91. The monoisotopic (exact) mass is 568 g/mol. The van der Waals surface area contributed by atoms with Gasteiger partial charge in [-0.1, -0.05) is 24.3 Å². The molecular formula is C29H27F3N4O5. The number of aromatic amines is 1. The quantitative estimate of drug-likeness (QED) is 0.282. The van der Waals surface area contributed by atoms with E-state index in [0.29, 0.717) is 12.1 Å². The third kappa shape index (κ3) is 7.02. The van der Waals surface area contributed by atoms with Crippen LogP contribution in [-0.4, -0.2) is 55.9 Å². The predicted octanol–water partition coefficient (Wildman–Crippen LogP) is 5.90. The van der Waals surface area contributed by atoms with Gasteiger partial charge in [0.25, 0.3) is 5.91 Å². The number of fused-ring (bicyclic) bond motifs is 2. The molecule has 0 saturated heterocycles. The first kappa shape index (κ1) is 29.1. The van der Waals surface area contributed by atoms with Gasteiger partial charge in [0.2, 0.25) is 0 Å². The SMILES string of the molecule is CC(C)(C)OC(=O)n1cc(/C=C/c2cc(-c3cc4c([nH]3)CCNC4=O)ccn2)c2ccccc21.O=C(O)C(F)(F)F. The summed E-state index contributed by atoms with van der Waals surface area (Å²) >= 11 is 0. The number of para-hydroxylation sites is 1. The number of carbonyl (C=O) groups is 3. The first-order chi connectivity index (χ1) is 19.2. The molecule has 0 aliphatic carbocycles. The van der Waals surface area contributed by atoms with E-state index in [9.17, 15) is 22.8 Å². The number of amides is 1. The number of alkyl halides is 3. The summed E-state index contributed by atoms with van der Waals surface area (Å²) in [5, 5.41) is 10.9. The van der Waals surface area contributed by atoms with Gasteiger partial charge in [-0.15, -0.1) is 0 Å². The van der Waals surface area contributed by atoms with E-state index in [-0.39, 0.29) is 5.91 Å². The number of hydrogen-bond acceptors (Lipinski definition) is 5. The van der Waals surface area contributed by atoms with E-state index in [4.69, 9.17) is 14.6 Å². The second-order valence-corrected chi connectivity index (χ2v) is 10.1. The summed E-state index contributed by atoms with van der Waals surface area (Å²) in [6, 6.07) is 13.5. The minimum Gasteiger partial charge on any atom is -0.475 e.